The molecule has 0 saturated carbocycles. The lowest BCUT2D eigenvalue weighted by atomic mass is 10.1. The highest BCUT2D eigenvalue weighted by molar-refractivity contribution is 9.10. The Morgan fingerprint density at radius 2 is 1.79 bits per heavy atom. The van der Waals surface area contributed by atoms with E-state index in [0.29, 0.717) is 23.6 Å². The van der Waals surface area contributed by atoms with Crippen LogP contribution in [0.4, 0.5) is 5.69 Å². The molecule has 0 aliphatic rings. The molecule has 1 amide bonds. The average Bonchev–Trinajstić information content (AvgIpc) is 2.70. The van der Waals surface area contributed by atoms with Crippen molar-refractivity contribution in [3.63, 3.8) is 0 Å². The second-order valence-corrected chi connectivity index (χ2v) is 7.28. The Kier molecular flexibility index (Phi) is 9.01. The van der Waals surface area contributed by atoms with E-state index >= 15 is 0 Å². The monoisotopic (exact) mass is 447 g/mol. The predicted octanol–water partition coefficient (Wildman–Crippen LogP) is 5.38. The van der Waals surface area contributed by atoms with E-state index in [0.717, 1.165) is 35.7 Å². The lowest BCUT2D eigenvalue weighted by molar-refractivity contribution is -0.118. The zero-order valence-electron chi connectivity index (χ0n) is 16.3. The van der Waals surface area contributed by atoms with Gasteiger partial charge >= 0.3 is 5.97 Å². The van der Waals surface area contributed by atoms with Gasteiger partial charge in [-0.2, -0.15) is 0 Å². The smallest absolute Gasteiger partial charge is 0.338 e. The third-order valence-electron chi connectivity index (χ3n) is 4.15. The first-order valence-corrected chi connectivity index (χ1v) is 10.3. The van der Waals surface area contributed by atoms with Gasteiger partial charge in [-0.25, -0.2) is 4.79 Å². The Hall–Kier alpha value is -2.34. The third-order valence-corrected chi connectivity index (χ3v) is 4.64. The molecular weight excluding hydrogens is 422 g/mol. The topological polar surface area (TPSA) is 64.6 Å². The summed E-state index contributed by atoms with van der Waals surface area (Å²) in [4.78, 5) is 24.1. The molecule has 28 heavy (non-hydrogen) atoms. The molecule has 0 spiro atoms. The molecule has 0 fully saturated rings. The van der Waals surface area contributed by atoms with Crippen molar-refractivity contribution in [1.29, 1.82) is 0 Å². The van der Waals surface area contributed by atoms with Crippen LogP contribution in [0.2, 0.25) is 0 Å². The van der Waals surface area contributed by atoms with Crippen LogP contribution < -0.4 is 10.1 Å². The highest BCUT2D eigenvalue weighted by Crippen LogP contribution is 2.23. The van der Waals surface area contributed by atoms with Gasteiger partial charge in [-0.05, 0) is 60.9 Å². The molecule has 2 aromatic rings. The van der Waals surface area contributed by atoms with Crippen molar-refractivity contribution in [2.75, 3.05) is 18.5 Å². The van der Waals surface area contributed by atoms with Crippen LogP contribution in [0.3, 0.4) is 0 Å². The fourth-order valence-corrected chi connectivity index (χ4v) is 3.00. The fraction of sp³-hybridized carbons (Fsp3) is 0.364. The summed E-state index contributed by atoms with van der Waals surface area (Å²) in [6, 6.07) is 12.3. The number of nitrogens with one attached hydrogen (secondary N) is 1. The largest absolute Gasteiger partial charge is 0.483 e. The van der Waals surface area contributed by atoms with Crippen LogP contribution in [0.1, 0.15) is 49.0 Å². The van der Waals surface area contributed by atoms with Gasteiger partial charge in [0.2, 0.25) is 0 Å². The molecule has 0 heterocycles. The Balaban J connectivity index is 1.83. The molecule has 5 nitrogen and oxygen atoms in total. The van der Waals surface area contributed by atoms with Gasteiger partial charge in [-0.15, -0.1) is 0 Å². The van der Waals surface area contributed by atoms with Crippen molar-refractivity contribution in [1.82, 2.24) is 0 Å². The van der Waals surface area contributed by atoms with Crippen LogP contribution in [0.25, 0.3) is 0 Å². The number of carbonyl (C=O) groups excluding carboxylic acids is 2. The lowest BCUT2D eigenvalue weighted by Gasteiger charge is -2.11. The predicted molar refractivity (Wildman–Crippen MR) is 114 cm³/mol. The molecule has 2 rings (SSSR count). The zero-order chi connectivity index (χ0) is 20.4. The van der Waals surface area contributed by atoms with E-state index < -0.39 is 0 Å². The summed E-state index contributed by atoms with van der Waals surface area (Å²) in [7, 11) is 0. The van der Waals surface area contributed by atoms with Crippen LogP contribution in [-0.4, -0.2) is 25.1 Å². The lowest BCUT2D eigenvalue weighted by Crippen LogP contribution is -2.20. The normalized spacial score (nSPS) is 10.4. The highest BCUT2D eigenvalue weighted by Gasteiger charge is 2.09. The van der Waals surface area contributed by atoms with Crippen molar-refractivity contribution in [3.05, 3.63) is 58.1 Å². The van der Waals surface area contributed by atoms with Crippen LogP contribution >= 0.6 is 15.9 Å². The number of rotatable bonds is 10. The number of hydrogen-bond donors (Lipinski definition) is 1. The van der Waals surface area contributed by atoms with Crippen molar-refractivity contribution in [3.8, 4) is 5.75 Å². The SMILES string of the molecule is CCCCCOC(=O)c1ccc(NC(=O)COc2ccc(Br)cc2CC)cc1. The van der Waals surface area contributed by atoms with Crippen LogP contribution in [0.5, 0.6) is 5.75 Å². The molecule has 2 aromatic carbocycles. The number of halogens is 1. The molecule has 1 N–H and O–H groups in total. The summed E-state index contributed by atoms with van der Waals surface area (Å²) < 4.78 is 11.8. The molecule has 0 aromatic heterocycles. The fourth-order valence-electron chi connectivity index (χ4n) is 2.60. The molecule has 150 valence electrons. The van der Waals surface area contributed by atoms with E-state index in [4.69, 9.17) is 9.47 Å². The van der Waals surface area contributed by atoms with Gasteiger partial charge in [0.1, 0.15) is 5.75 Å². The molecule has 0 bridgehead atoms. The quantitative estimate of drug-likeness (QED) is 0.392. The van der Waals surface area contributed by atoms with E-state index in [1.807, 2.05) is 25.1 Å². The Morgan fingerprint density at radius 1 is 1.04 bits per heavy atom. The minimum absolute atomic E-state index is 0.0874. The van der Waals surface area contributed by atoms with Gasteiger partial charge in [0, 0.05) is 10.2 Å². The number of esters is 1. The molecule has 0 radical (unpaired) electrons. The number of anilines is 1. The summed E-state index contributed by atoms with van der Waals surface area (Å²) in [6.45, 7) is 4.47. The Bertz CT molecular complexity index is 790. The van der Waals surface area contributed by atoms with E-state index in [1.54, 1.807) is 24.3 Å². The van der Waals surface area contributed by atoms with Crippen molar-refractivity contribution >= 4 is 33.5 Å². The first-order valence-electron chi connectivity index (χ1n) is 9.51. The minimum Gasteiger partial charge on any atom is -0.483 e. The van der Waals surface area contributed by atoms with Crippen molar-refractivity contribution in [2.45, 2.75) is 39.5 Å². The van der Waals surface area contributed by atoms with Gasteiger partial charge in [-0.1, -0.05) is 42.6 Å². The summed E-state index contributed by atoms with van der Waals surface area (Å²) >= 11 is 3.43. The van der Waals surface area contributed by atoms with E-state index in [1.165, 1.54) is 0 Å². The van der Waals surface area contributed by atoms with Crippen LogP contribution in [-0.2, 0) is 16.0 Å². The first-order chi connectivity index (χ1) is 13.5. The second-order valence-electron chi connectivity index (χ2n) is 6.36. The molecule has 0 aliphatic heterocycles. The number of unbranched alkanes of at least 4 members (excludes halogenated alkanes) is 2. The number of amides is 1. The maximum Gasteiger partial charge on any atom is 0.338 e. The average molecular weight is 448 g/mol. The maximum absolute atomic E-state index is 12.1. The number of aryl methyl sites for hydroxylation is 1. The Morgan fingerprint density at radius 3 is 2.46 bits per heavy atom. The molecular formula is C22H26BrNO4. The Labute approximate surface area is 174 Å². The van der Waals surface area contributed by atoms with Crippen molar-refractivity contribution < 1.29 is 19.1 Å². The van der Waals surface area contributed by atoms with E-state index in [9.17, 15) is 9.59 Å². The van der Waals surface area contributed by atoms with E-state index in [-0.39, 0.29) is 18.5 Å². The molecule has 0 atom stereocenters. The summed E-state index contributed by atoms with van der Waals surface area (Å²) in [5, 5.41) is 2.76. The van der Waals surface area contributed by atoms with Gasteiger partial charge < -0.3 is 14.8 Å². The van der Waals surface area contributed by atoms with E-state index in [2.05, 4.69) is 28.2 Å². The first kappa shape index (κ1) is 22.0. The highest BCUT2D eigenvalue weighted by atomic mass is 79.9. The van der Waals surface area contributed by atoms with Gasteiger partial charge in [0.05, 0.1) is 12.2 Å². The molecule has 0 aliphatic carbocycles. The maximum atomic E-state index is 12.1. The molecule has 0 unspecified atom stereocenters. The summed E-state index contributed by atoms with van der Waals surface area (Å²) in [5.74, 6) is 0.0847. The van der Waals surface area contributed by atoms with Crippen LogP contribution in [0, 0.1) is 0 Å². The minimum atomic E-state index is -0.348. The third kappa shape index (κ3) is 7.00. The van der Waals surface area contributed by atoms with Gasteiger partial charge in [0.15, 0.2) is 6.61 Å². The molecule has 6 heteroatoms. The number of benzene rings is 2. The van der Waals surface area contributed by atoms with Gasteiger partial charge in [-0.3, -0.25) is 4.79 Å². The second kappa shape index (κ2) is 11.5. The standard InChI is InChI=1S/C22H26BrNO4/c1-3-5-6-13-27-22(26)17-7-10-19(11-8-17)24-21(25)15-28-20-12-9-18(23)14-16(20)4-2/h7-12,14H,3-6,13,15H2,1-2H3,(H,24,25). The zero-order valence-corrected chi connectivity index (χ0v) is 17.9. The van der Waals surface area contributed by atoms with Crippen molar-refractivity contribution in [2.24, 2.45) is 0 Å². The van der Waals surface area contributed by atoms with Crippen LogP contribution in [0.15, 0.2) is 46.9 Å². The summed E-state index contributed by atoms with van der Waals surface area (Å²) in [6.07, 6.45) is 3.80. The number of carbonyl (C=O) groups is 2. The summed E-state index contributed by atoms with van der Waals surface area (Å²) in [5.41, 5.74) is 2.10. The number of hydrogen-bond acceptors (Lipinski definition) is 4. The van der Waals surface area contributed by atoms with Gasteiger partial charge in [0.25, 0.3) is 5.91 Å². The number of ether oxygens (including phenoxy) is 2. The molecule has 0 saturated heterocycles.